The van der Waals surface area contributed by atoms with Crippen molar-refractivity contribution in [2.75, 3.05) is 10.6 Å². The van der Waals surface area contributed by atoms with Crippen LogP contribution < -0.4 is 10.6 Å². The average molecular weight is 309 g/mol. The first-order valence-electron chi connectivity index (χ1n) is 7.46. The molecule has 3 rings (SSSR count). The van der Waals surface area contributed by atoms with Crippen LogP contribution in [0, 0.1) is 17.1 Å². The highest BCUT2D eigenvalue weighted by Crippen LogP contribution is 2.28. The molecule has 1 amide bonds. The van der Waals surface area contributed by atoms with Crippen LogP contribution in [0.4, 0.5) is 15.8 Å². The van der Waals surface area contributed by atoms with E-state index in [0.717, 1.165) is 16.8 Å². The number of hydrogen-bond acceptors (Lipinski definition) is 3. The zero-order valence-electron chi connectivity index (χ0n) is 12.7. The van der Waals surface area contributed by atoms with Crippen LogP contribution >= 0.6 is 0 Å². The number of benzene rings is 2. The second-order valence-electron chi connectivity index (χ2n) is 5.60. The van der Waals surface area contributed by atoms with E-state index < -0.39 is 5.82 Å². The van der Waals surface area contributed by atoms with Crippen LogP contribution in [0.3, 0.4) is 0 Å². The SMILES string of the molecule is C[C@@H](Nc1cccc(F)c1C#N)c1ccc2c(c1)CCC(=O)N2. The molecular weight excluding hydrogens is 293 g/mol. The zero-order valence-corrected chi connectivity index (χ0v) is 12.7. The topological polar surface area (TPSA) is 64.9 Å². The molecule has 2 aromatic carbocycles. The maximum atomic E-state index is 13.7. The Morgan fingerprint density at radius 1 is 1.30 bits per heavy atom. The predicted octanol–water partition coefficient (Wildman–Crippen LogP) is 3.76. The van der Waals surface area contributed by atoms with Crippen molar-refractivity contribution in [1.29, 1.82) is 5.26 Å². The fraction of sp³-hybridized carbons (Fsp3) is 0.222. The molecule has 4 nitrogen and oxygen atoms in total. The van der Waals surface area contributed by atoms with Gasteiger partial charge in [-0.1, -0.05) is 18.2 Å². The molecule has 23 heavy (non-hydrogen) atoms. The molecule has 0 saturated carbocycles. The molecule has 0 aromatic heterocycles. The van der Waals surface area contributed by atoms with Crippen LogP contribution in [0.15, 0.2) is 36.4 Å². The van der Waals surface area contributed by atoms with Crippen molar-refractivity contribution >= 4 is 17.3 Å². The predicted molar refractivity (Wildman–Crippen MR) is 86.5 cm³/mol. The van der Waals surface area contributed by atoms with Crippen LogP contribution in [-0.2, 0) is 11.2 Å². The Morgan fingerprint density at radius 3 is 2.91 bits per heavy atom. The molecule has 116 valence electrons. The summed E-state index contributed by atoms with van der Waals surface area (Å²) in [6.07, 6.45) is 1.20. The minimum atomic E-state index is -0.530. The van der Waals surface area contributed by atoms with Crippen molar-refractivity contribution in [3.05, 3.63) is 58.9 Å². The molecule has 2 aromatic rings. The lowest BCUT2D eigenvalue weighted by atomic mass is 9.97. The summed E-state index contributed by atoms with van der Waals surface area (Å²) in [7, 11) is 0. The summed E-state index contributed by atoms with van der Waals surface area (Å²) in [5.74, 6) is -0.493. The number of fused-ring (bicyclic) bond motifs is 1. The van der Waals surface area contributed by atoms with E-state index in [1.54, 1.807) is 12.1 Å². The maximum Gasteiger partial charge on any atom is 0.224 e. The number of nitriles is 1. The Bertz CT molecular complexity index is 810. The highest BCUT2D eigenvalue weighted by Gasteiger charge is 2.17. The van der Waals surface area contributed by atoms with E-state index in [9.17, 15) is 9.18 Å². The van der Waals surface area contributed by atoms with Crippen LogP contribution in [0.2, 0.25) is 0 Å². The Kier molecular flexibility index (Phi) is 3.98. The minimum absolute atomic E-state index is 0.0181. The standard InChI is InChI=1S/C18H16FN3O/c1-11(21-17-4-2-3-15(19)14(17)10-20)12-5-7-16-13(9-12)6-8-18(23)22-16/h2-5,7,9,11,21H,6,8H2,1H3,(H,22,23)/t11-/m1/s1. The molecule has 5 heteroatoms. The normalized spacial score (nSPS) is 14.4. The fourth-order valence-corrected chi connectivity index (χ4v) is 2.75. The smallest absolute Gasteiger partial charge is 0.224 e. The van der Waals surface area contributed by atoms with E-state index in [-0.39, 0.29) is 17.5 Å². The molecule has 0 unspecified atom stereocenters. The molecular formula is C18H16FN3O. The van der Waals surface area contributed by atoms with Crippen LogP contribution in [0.1, 0.15) is 36.1 Å². The fourth-order valence-electron chi connectivity index (χ4n) is 2.75. The van der Waals surface area contributed by atoms with E-state index >= 15 is 0 Å². The lowest BCUT2D eigenvalue weighted by molar-refractivity contribution is -0.116. The minimum Gasteiger partial charge on any atom is -0.377 e. The van der Waals surface area contributed by atoms with E-state index in [4.69, 9.17) is 5.26 Å². The van der Waals surface area contributed by atoms with Crippen molar-refractivity contribution in [2.45, 2.75) is 25.8 Å². The van der Waals surface area contributed by atoms with Gasteiger partial charge in [-0.3, -0.25) is 4.79 Å². The summed E-state index contributed by atoms with van der Waals surface area (Å²) >= 11 is 0. The summed E-state index contributed by atoms with van der Waals surface area (Å²) in [4.78, 5) is 11.4. The zero-order chi connectivity index (χ0) is 16.4. The van der Waals surface area contributed by atoms with E-state index in [1.165, 1.54) is 6.07 Å². The van der Waals surface area contributed by atoms with Gasteiger partial charge in [0, 0.05) is 18.2 Å². The molecule has 1 atom stereocenters. The van der Waals surface area contributed by atoms with Gasteiger partial charge in [0.1, 0.15) is 17.4 Å². The third kappa shape index (κ3) is 3.02. The van der Waals surface area contributed by atoms with Gasteiger partial charge in [0.15, 0.2) is 0 Å². The van der Waals surface area contributed by atoms with Crippen molar-refractivity contribution in [1.82, 2.24) is 0 Å². The van der Waals surface area contributed by atoms with Gasteiger partial charge in [0.2, 0.25) is 5.91 Å². The van der Waals surface area contributed by atoms with Gasteiger partial charge >= 0.3 is 0 Å². The highest BCUT2D eigenvalue weighted by molar-refractivity contribution is 5.93. The number of nitrogens with one attached hydrogen (secondary N) is 2. The number of hydrogen-bond donors (Lipinski definition) is 2. The van der Waals surface area contributed by atoms with E-state index in [0.29, 0.717) is 18.5 Å². The summed E-state index contributed by atoms with van der Waals surface area (Å²) in [5, 5.41) is 15.1. The van der Waals surface area contributed by atoms with Crippen LogP contribution in [0.5, 0.6) is 0 Å². The molecule has 0 saturated heterocycles. The molecule has 1 heterocycles. The second kappa shape index (κ2) is 6.09. The van der Waals surface area contributed by atoms with Gasteiger partial charge in [0.05, 0.1) is 5.69 Å². The lowest BCUT2D eigenvalue weighted by Gasteiger charge is -2.21. The molecule has 0 aliphatic carbocycles. The third-order valence-corrected chi connectivity index (χ3v) is 4.02. The molecule has 2 N–H and O–H groups in total. The number of nitrogens with zero attached hydrogens (tertiary/aromatic N) is 1. The van der Waals surface area contributed by atoms with Gasteiger partial charge in [0.25, 0.3) is 0 Å². The largest absolute Gasteiger partial charge is 0.377 e. The first-order chi connectivity index (χ1) is 11.1. The summed E-state index contributed by atoms with van der Waals surface area (Å²) in [6, 6.07) is 12.2. The number of carbonyl (C=O) groups is 1. The molecule has 0 fully saturated rings. The lowest BCUT2D eigenvalue weighted by Crippen LogP contribution is -2.19. The molecule has 0 radical (unpaired) electrons. The van der Waals surface area contributed by atoms with Crippen LogP contribution in [0.25, 0.3) is 0 Å². The summed E-state index contributed by atoms with van der Waals surface area (Å²) < 4.78 is 13.7. The molecule has 1 aliphatic heterocycles. The Labute approximate surface area is 133 Å². The van der Waals surface area contributed by atoms with Crippen molar-refractivity contribution in [3.63, 3.8) is 0 Å². The van der Waals surface area contributed by atoms with Gasteiger partial charge in [-0.2, -0.15) is 5.26 Å². The summed E-state index contributed by atoms with van der Waals surface area (Å²) in [5.41, 5.74) is 3.46. The number of anilines is 2. The van der Waals surface area contributed by atoms with Crippen molar-refractivity contribution in [3.8, 4) is 6.07 Å². The number of aryl methyl sites for hydroxylation is 1. The molecule has 0 spiro atoms. The molecule has 1 aliphatic rings. The number of amides is 1. The number of carbonyl (C=O) groups excluding carboxylic acids is 1. The van der Waals surface area contributed by atoms with Gasteiger partial charge in [-0.25, -0.2) is 4.39 Å². The van der Waals surface area contributed by atoms with Gasteiger partial charge in [-0.05, 0) is 42.7 Å². The quantitative estimate of drug-likeness (QED) is 0.907. The second-order valence-corrected chi connectivity index (χ2v) is 5.60. The van der Waals surface area contributed by atoms with Crippen molar-refractivity contribution < 1.29 is 9.18 Å². The first kappa shape index (κ1) is 15.0. The Morgan fingerprint density at radius 2 is 2.13 bits per heavy atom. The number of halogens is 1. The maximum absolute atomic E-state index is 13.7. The third-order valence-electron chi connectivity index (χ3n) is 4.02. The first-order valence-corrected chi connectivity index (χ1v) is 7.46. The summed E-state index contributed by atoms with van der Waals surface area (Å²) in [6.45, 7) is 1.95. The highest BCUT2D eigenvalue weighted by atomic mass is 19.1. The van der Waals surface area contributed by atoms with Gasteiger partial charge < -0.3 is 10.6 Å². The average Bonchev–Trinajstić information content (AvgIpc) is 2.54. The van der Waals surface area contributed by atoms with Crippen molar-refractivity contribution in [2.24, 2.45) is 0 Å². The Hall–Kier alpha value is -2.87. The van der Waals surface area contributed by atoms with Gasteiger partial charge in [-0.15, -0.1) is 0 Å². The van der Waals surface area contributed by atoms with Crippen LogP contribution in [-0.4, -0.2) is 5.91 Å². The molecule has 0 bridgehead atoms. The number of rotatable bonds is 3. The van der Waals surface area contributed by atoms with E-state index in [1.807, 2.05) is 31.2 Å². The van der Waals surface area contributed by atoms with E-state index in [2.05, 4.69) is 10.6 Å². The Balaban J connectivity index is 1.85. The monoisotopic (exact) mass is 309 g/mol.